The lowest BCUT2D eigenvalue weighted by molar-refractivity contribution is 0.00578. The molecule has 2 unspecified atom stereocenters. The molecule has 0 aliphatic carbocycles. The molecule has 0 N–H and O–H groups in total. The highest BCUT2D eigenvalue weighted by atomic mass is 16.7. The van der Waals surface area contributed by atoms with Crippen molar-refractivity contribution in [2.45, 2.75) is 90.0 Å². The first-order valence-electron chi connectivity index (χ1n) is 8.61. The average molecular weight is 336 g/mol. The third-order valence-electron chi connectivity index (χ3n) is 5.08. The Balaban J connectivity index is 2.04. The van der Waals surface area contributed by atoms with Crippen LogP contribution >= 0.6 is 0 Å². The Morgan fingerprint density at radius 2 is 1.79 bits per heavy atom. The van der Waals surface area contributed by atoms with Crippen molar-refractivity contribution in [3.63, 3.8) is 0 Å². The van der Waals surface area contributed by atoms with Gasteiger partial charge in [0.05, 0.1) is 17.3 Å². The van der Waals surface area contributed by atoms with Crippen molar-refractivity contribution in [2.24, 2.45) is 0 Å². The summed E-state index contributed by atoms with van der Waals surface area (Å²) in [5, 5.41) is 9.49. The van der Waals surface area contributed by atoms with Crippen molar-refractivity contribution in [1.29, 1.82) is 5.26 Å². The second-order valence-electron chi connectivity index (χ2n) is 8.73. The molecule has 0 aromatic rings. The van der Waals surface area contributed by atoms with Crippen molar-refractivity contribution in [2.75, 3.05) is 6.54 Å². The van der Waals surface area contributed by atoms with Crippen molar-refractivity contribution < 1.29 is 18.8 Å². The zero-order valence-electron chi connectivity index (χ0n) is 15.9. The predicted octanol–water partition coefficient (Wildman–Crippen LogP) is 3.37. The molecular weight excluding hydrogens is 307 g/mol. The van der Waals surface area contributed by atoms with Crippen LogP contribution in [0.2, 0.25) is 5.82 Å². The molecule has 0 aromatic carbocycles. The van der Waals surface area contributed by atoms with Crippen LogP contribution in [0.4, 0.5) is 4.79 Å². The summed E-state index contributed by atoms with van der Waals surface area (Å²) in [4.78, 5) is 13.8. The zero-order valence-corrected chi connectivity index (χ0v) is 15.9. The van der Waals surface area contributed by atoms with Gasteiger partial charge in [-0.2, -0.15) is 5.26 Å². The number of amides is 1. The zero-order chi connectivity index (χ0) is 18.3. The van der Waals surface area contributed by atoms with Gasteiger partial charge < -0.3 is 14.0 Å². The molecule has 2 atom stereocenters. The minimum atomic E-state index is -0.570. The molecule has 2 heterocycles. The van der Waals surface area contributed by atoms with Gasteiger partial charge in [0.1, 0.15) is 11.6 Å². The Morgan fingerprint density at radius 1 is 1.25 bits per heavy atom. The van der Waals surface area contributed by atoms with Crippen LogP contribution in [0.1, 0.15) is 61.3 Å². The van der Waals surface area contributed by atoms with E-state index in [4.69, 9.17) is 14.0 Å². The van der Waals surface area contributed by atoms with Crippen LogP contribution in [0.5, 0.6) is 0 Å². The van der Waals surface area contributed by atoms with Gasteiger partial charge in [-0.15, -0.1) is 0 Å². The van der Waals surface area contributed by atoms with E-state index in [2.05, 4.69) is 6.07 Å². The number of carbonyl (C=O) groups excluding carboxylic acids is 1. The molecule has 2 aliphatic heterocycles. The Labute approximate surface area is 145 Å². The van der Waals surface area contributed by atoms with Gasteiger partial charge in [-0.05, 0) is 67.1 Å². The molecule has 2 saturated heterocycles. The van der Waals surface area contributed by atoms with Crippen LogP contribution in [-0.2, 0) is 14.0 Å². The first kappa shape index (κ1) is 19.1. The SMILES string of the molecule is CC(C)(C)OC(=O)N1CCC(B2OC(C)(C)C(C)(C)O2)CC1C#N. The number of carbonyl (C=O) groups is 1. The average Bonchev–Trinajstić information content (AvgIpc) is 2.65. The maximum absolute atomic E-state index is 12.3. The molecule has 134 valence electrons. The lowest BCUT2D eigenvalue weighted by atomic mass is 9.65. The fourth-order valence-electron chi connectivity index (χ4n) is 2.98. The number of nitriles is 1. The van der Waals surface area contributed by atoms with Crippen LogP contribution in [0.25, 0.3) is 0 Å². The van der Waals surface area contributed by atoms with Crippen LogP contribution in [0.3, 0.4) is 0 Å². The van der Waals surface area contributed by atoms with Crippen LogP contribution < -0.4 is 0 Å². The van der Waals surface area contributed by atoms with E-state index in [1.54, 1.807) is 0 Å². The fraction of sp³-hybridized carbons (Fsp3) is 0.882. The molecule has 1 amide bonds. The maximum atomic E-state index is 12.3. The molecule has 0 radical (unpaired) electrons. The van der Waals surface area contributed by atoms with Crippen molar-refractivity contribution in [1.82, 2.24) is 4.90 Å². The summed E-state index contributed by atoms with van der Waals surface area (Å²) in [6, 6.07) is 1.71. The third kappa shape index (κ3) is 3.86. The summed E-state index contributed by atoms with van der Waals surface area (Å²) in [6.45, 7) is 14.0. The summed E-state index contributed by atoms with van der Waals surface area (Å²) >= 11 is 0. The van der Waals surface area contributed by atoms with Gasteiger partial charge in [0.25, 0.3) is 0 Å². The van der Waals surface area contributed by atoms with Gasteiger partial charge in [0.15, 0.2) is 0 Å². The fourth-order valence-corrected chi connectivity index (χ4v) is 2.98. The van der Waals surface area contributed by atoms with Gasteiger partial charge in [-0.1, -0.05) is 0 Å². The normalized spacial score (nSPS) is 29.2. The molecule has 24 heavy (non-hydrogen) atoms. The Morgan fingerprint density at radius 3 is 2.25 bits per heavy atom. The summed E-state index contributed by atoms with van der Waals surface area (Å²) in [7, 11) is -0.341. The molecule has 2 fully saturated rings. The van der Waals surface area contributed by atoms with E-state index in [1.165, 1.54) is 4.90 Å². The first-order valence-corrected chi connectivity index (χ1v) is 8.61. The standard InChI is InChI=1S/C17H29BN2O4/c1-15(2,3)22-14(21)20-9-8-12(10-13(20)11-19)18-23-16(4,5)17(6,7)24-18/h12-13H,8-10H2,1-7H3. The number of hydrogen-bond acceptors (Lipinski definition) is 5. The van der Waals surface area contributed by atoms with E-state index < -0.39 is 17.7 Å². The van der Waals surface area contributed by atoms with Crippen molar-refractivity contribution in [3.8, 4) is 6.07 Å². The minimum absolute atomic E-state index is 0.0920. The van der Waals surface area contributed by atoms with E-state index in [-0.39, 0.29) is 24.1 Å². The number of nitrogens with zero attached hydrogens (tertiary/aromatic N) is 2. The first-order chi connectivity index (χ1) is 10.9. The summed E-state index contributed by atoms with van der Waals surface area (Å²) in [5.74, 6) is 0.0920. The molecule has 7 heteroatoms. The highest BCUT2D eigenvalue weighted by molar-refractivity contribution is 6.47. The second-order valence-corrected chi connectivity index (χ2v) is 8.73. The number of ether oxygens (including phenoxy) is 1. The summed E-state index contributed by atoms with van der Waals surface area (Å²) in [5.41, 5.74) is -1.34. The Hall–Kier alpha value is -1.26. The van der Waals surface area contributed by atoms with Crippen LogP contribution in [0.15, 0.2) is 0 Å². The predicted molar refractivity (Wildman–Crippen MR) is 91.4 cm³/mol. The quantitative estimate of drug-likeness (QED) is 0.687. The summed E-state index contributed by atoms with van der Waals surface area (Å²) in [6.07, 6.45) is 0.835. The smallest absolute Gasteiger partial charge is 0.444 e. The highest BCUT2D eigenvalue weighted by Crippen LogP contribution is 2.43. The highest BCUT2D eigenvalue weighted by Gasteiger charge is 2.54. The third-order valence-corrected chi connectivity index (χ3v) is 5.08. The summed E-state index contributed by atoms with van der Waals surface area (Å²) < 4.78 is 17.6. The Bertz CT molecular complexity index is 520. The van der Waals surface area contributed by atoms with Gasteiger partial charge in [-0.25, -0.2) is 4.79 Å². The molecular formula is C17H29BN2O4. The maximum Gasteiger partial charge on any atom is 0.461 e. The van der Waals surface area contributed by atoms with Gasteiger partial charge >= 0.3 is 13.2 Å². The number of rotatable bonds is 1. The lowest BCUT2D eigenvalue weighted by Crippen LogP contribution is -2.48. The monoisotopic (exact) mass is 336 g/mol. The largest absolute Gasteiger partial charge is 0.461 e. The molecule has 0 bridgehead atoms. The van der Waals surface area contributed by atoms with Gasteiger partial charge in [0, 0.05) is 6.54 Å². The van der Waals surface area contributed by atoms with E-state index in [0.29, 0.717) is 13.0 Å². The van der Waals surface area contributed by atoms with E-state index >= 15 is 0 Å². The topological polar surface area (TPSA) is 71.8 Å². The molecule has 2 rings (SSSR count). The number of likely N-dealkylation sites (tertiary alicyclic amines) is 1. The molecule has 0 saturated carbocycles. The van der Waals surface area contributed by atoms with Crippen molar-refractivity contribution in [3.05, 3.63) is 0 Å². The lowest BCUT2D eigenvalue weighted by Gasteiger charge is -2.37. The van der Waals surface area contributed by atoms with E-state index in [0.717, 1.165) is 6.42 Å². The number of piperidine rings is 1. The number of hydrogen-bond donors (Lipinski definition) is 0. The molecule has 0 spiro atoms. The van der Waals surface area contributed by atoms with Crippen molar-refractivity contribution >= 4 is 13.2 Å². The molecule has 0 aromatic heterocycles. The van der Waals surface area contributed by atoms with Crippen LogP contribution in [-0.4, -0.2) is 47.5 Å². The van der Waals surface area contributed by atoms with Gasteiger partial charge in [-0.3, -0.25) is 4.90 Å². The second kappa shape index (κ2) is 6.23. The Kier molecular flexibility index (Phi) is 4.95. The molecule has 2 aliphatic rings. The van der Waals surface area contributed by atoms with E-state index in [9.17, 15) is 10.1 Å². The van der Waals surface area contributed by atoms with Gasteiger partial charge in [0.2, 0.25) is 0 Å². The van der Waals surface area contributed by atoms with E-state index in [1.807, 2.05) is 48.5 Å². The van der Waals surface area contributed by atoms with Crippen LogP contribution in [0, 0.1) is 11.3 Å². The minimum Gasteiger partial charge on any atom is -0.444 e. The molecule has 6 nitrogen and oxygen atoms in total.